The summed E-state index contributed by atoms with van der Waals surface area (Å²) >= 11 is 3.49. The Morgan fingerprint density at radius 2 is 2.20 bits per heavy atom. The average molecular weight is 271 g/mol. The lowest BCUT2D eigenvalue weighted by Gasteiger charge is -2.05. The van der Waals surface area contributed by atoms with Gasteiger partial charge in [0.15, 0.2) is 0 Å². The van der Waals surface area contributed by atoms with E-state index in [1.807, 2.05) is 6.07 Å². The molecule has 0 radical (unpaired) electrons. The molecular formula is C12H15BrO2. The van der Waals surface area contributed by atoms with Crippen molar-refractivity contribution >= 4 is 15.9 Å². The average Bonchev–Trinajstić information content (AvgIpc) is 2.92. The quantitative estimate of drug-likeness (QED) is 0.784. The predicted octanol–water partition coefficient (Wildman–Crippen LogP) is 3.18. The molecule has 15 heavy (non-hydrogen) atoms. The molecule has 2 atom stereocenters. The molecule has 0 aromatic heterocycles. The zero-order valence-electron chi connectivity index (χ0n) is 9.00. The first-order valence-electron chi connectivity index (χ1n) is 5.18. The minimum atomic E-state index is 0.465. The van der Waals surface area contributed by atoms with E-state index in [9.17, 15) is 0 Å². The van der Waals surface area contributed by atoms with Gasteiger partial charge in [0.2, 0.25) is 0 Å². The van der Waals surface area contributed by atoms with E-state index < -0.39 is 0 Å². The molecule has 0 amide bonds. The largest absolute Gasteiger partial charge is 0.496 e. The first-order valence-corrected chi connectivity index (χ1v) is 5.98. The van der Waals surface area contributed by atoms with E-state index in [4.69, 9.17) is 9.47 Å². The van der Waals surface area contributed by atoms with Crippen LogP contribution in [0, 0.1) is 0 Å². The van der Waals surface area contributed by atoms with Gasteiger partial charge in [-0.3, -0.25) is 0 Å². The number of rotatable bonds is 4. The fraction of sp³-hybridized carbons (Fsp3) is 0.500. The van der Waals surface area contributed by atoms with Crippen molar-refractivity contribution in [1.29, 1.82) is 0 Å². The molecule has 2 unspecified atom stereocenters. The zero-order chi connectivity index (χ0) is 10.8. The van der Waals surface area contributed by atoms with Crippen molar-refractivity contribution in [2.45, 2.75) is 32.0 Å². The molecule has 0 N–H and O–H groups in total. The van der Waals surface area contributed by atoms with Crippen molar-refractivity contribution in [3.05, 3.63) is 28.2 Å². The third kappa shape index (κ3) is 2.73. The molecule has 1 aromatic carbocycles. The highest BCUT2D eigenvalue weighted by Crippen LogP contribution is 2.29. The summed E-state index contributed by atoms with van der Waals surface area (Å²) in [5.74, 6) is 0.884. The van der Waals surface area contributed by atoms with Crippen molar-refractivity contribution in [2.75, 3.05) is 7.11 Å². The smallest absolute Gasteiger partial charge is 0.133 e. The summed E-state index contributed by atoms with van der Waals surface area (Å²) in [6.07, 6.45) is 3.12. The van der Waals surface area contributed by atoms with Gasteiger partial charge < -0.3 is 9.47 Å². The van der Waals surface area contributed by atoms with Crippen molar-refractivity contribution < 1.29 is 9.47 Å². The van der Waals surface area contributed by atoms with Crippen molar-refractivity contribution in [3.8, 4) is 5.75 Å². The summed E-state index contributed by atoms with van der Waals surface area (Å²) in [4.78, 5) is 0. The molecule has 0 spiro atoms. The van der Waals surface area contributed by atoms with Gasteiger partial charge in [-0.05, 0) is 53.4 Å². The van der Waals surface area contributed by atoms with Crippen LogP contribution in [0.25, 0.3) is 0 Å². The number of benzene rings is 1. The molecule has 1 saturated heterocycles. The predicted molar refractivity (Wildman–Crippen MR) is 63.4 cm³/mol. The Kier molecular flexibility index (Phi) is 3.32. The van der Waals surface area contributed by atoms with E-state index in [0.717, 1.165) is 23.1 Å². The summed E-state index contributed by atoms with van der Waals surface area (Å²) in [5.41, 5.74) is 1.32. The van der Waals surface area contributed by atoms with E-state index in [1.165, 1.54) is 5.56 Å². The van der Waals surface area contributed by atoms with Gasteiger partial charge in [-0.1, -0.05) is 6.07 Å². The Morgan fingerprint density at radius 1 is 1.47 bits per heavy atom. The zero-order valence-corrected chi connectivity index (χ0v) is 10.6. The summed E-state index contributed by atoms with van der Waals surface area (Å²) in [6, 6.07) is 6.22. The first-order chi connectivity index (χ1) is 7.20. The Labute approximate surface area is 98.7 Å². The molecule has 1 aliphatic rings. The number of epoxide rings is 1. The summed E-state index contributed by atoms with van der Waals surface area (Å²) in [7, 11) is 1.68. The lowest BCUT2D eigenvalue weighted by Crippen LogP contribution is -1.94. The monoisotopic (exact) mass is 270 g/mol. The fourth-order valence-corrected chi connectivity index (χ4v) is 2.30. The molecular weight excluding hydrogens is 256 g/mol. The van der Waals surface area contributed by atoms with Crippen LogP contribution < -0.4 is 4.74 Å². The van der Waals surface area contributed by atoms with Crippen LogP contribution in [0.1, 0.15) is 18.9 Å². The molecule has 0 saturated carbocycles. The maximum atomic E-state index is 5.38. The molecule has 1 aromatic rings. The summed E-state index contributed by atoms with van der Waals surface area (Å²) in [5, 5.41) is 0. The maximum absolute atomic E-state index is 5.38. The number of hydrogen-bond acceptors (Lipinski definition) is 2. The van der Waals surface area contributed by atoms with Gasteiger partial charge in [0.1, 0.15) is 5.75 Å². The van der Waals surface area contributed by atoms with Crippen LogP contribution in [0.3, 0.4) is 0 Å². The summed E-state index contributed by atoms with van der Waals surface area (Å²) < 4.78 is 11.6. The first kappa shape index (κ1) is 11.0. The minimum Gasteiger partial charge on any atom is -0.496 e. The molecule has 3 heteroatoms. The lowest BCUT2D eigenvalue weighted by atomic mass is 10.1. The van der Waals surface area contributed by atoms with Gasteiger partial charge in [-0.2, -0.15) is 0 Å². The molecule has 0 bridgehead atoms. The molecule has 2 rings (SSSR count). The second kappa shape index (κ2) is 4.54. The Balaban J connectivity index is 1.94. The lowest BCUT2D eigenvalue weighted by molar-refractivity contribution is 0.370. The van der Waals surface area contributed by atoms with Crippen LogP contribution in [-0.2, 0) is 11.2 Å². The number of aryl methyl sites for hydroxylation is 1. The maximum Gasteiger partial charge on any atom is 0.133 e. The van der Waals surface area contributed by atoms with Gasteiger partial charge in [-0.25, -0.2) is 0 Å². The molecule has 1 aliphatic heterocycles. The topological polar surface area (TPSA) is 21.8 Å². The standard InChI is InChI=1S/C12H15BrO2/c1-8-11(15-8)5-3-9-4-6-12(14-2)10(13)7-9/h4,6-8,11H,3,5H2,1-2H3. The Hall–Kier alpha value is -0.540. The highest BCUT2D eigenvalue weighted by atomic mass is 79.9. The normalized spacial score (nSPS) is 23.9. The van der Waals surface area contributed by atoms with Gasteiger partial charge in [0.05, 0.1) is 23.8 Å². The Morgan fingerprint density at radius 3 is 2.73 bits per heavy atom. The van der Waals surface area contributed by atoms with Crippen LogP contribution in [0.2, 0.25) is 0 Å². The second-order valence-electron chi connectivity index (χ2n) is 3.89. The van der Waals surface area contributed by atoms with Crippen LogP contribution in [0.5, 0.6) is 5.75 Å². The van der Waals surface area contributed by atoms with Crippen LogP contribution in [0.4, 0.5) is 0 Å². The van der Waals surface area contributed by atoms with Crippen molar-refractivity contribution in [1.82, 2.24) is 0 Å². The van der Waals surface area contributed by atoms with Gasteiger partial charge in [0, 0.05) is 0 Å². The molecule has 82 valence electrons. The van der Waals surface area contributed by atoms with Crippen molar-refractivity contribution in [2.24, 2.45) is 0 Å². The second-order valence-corrected chi connectivity index (χ2v) is 4.74. The molecule has 1 fully saturated rings. The van der Waals surface area contributed by atoms with E-state index in [0.29, 0.717) is 12.2 Å². The molecule has 2 nitrogen and oxygen atoms in total. The van der Waals surface area contributed by atoms with Crippen LogP contribution in [0.15, 0.2) is 22.7 Å². The summed E-state index contributed by atoms with van der Waals surface area (Å²) in [6.45, 7) is 2.12. The SMILES string of the molecule is COc1ccc(CCC2OC2C)cc1Br. The van der Waals surface area contributed by atoms with Crippen LogP contribution in [-0.4, -0.2) is 19.3 Å². The highest BCUT2D eigenvalue weighted by molar-refractivity contribution is 9.10. The Bertz CT molecular complexity index is 351. The van der Waals surface area contributed by atoms with Gasteiger partial charge >= 0.3 is 0 Å². The van der Waals surface area contributed by atoms with E-state index in [1.54, 1.807) is 7.11 Å². The number of ether oxygens (including phenoxy) is 2. The fourth-order valence-electron chi connectivity index (χ4n) is 1.71. The van der Waals surface area contributed by atoms with Gasteiger partial charge in [0.25, 0.3) is 0 Å². The van der Waals surface area contributed by atoms with E-state index in [2.05, 4.69) is 35.0 Å². The molecule has 0 aliphatic carbocycles. The van der Waals surface area contributed by atoms with Crippen molar-refractivity contribution in [3.63, 3.8) is 0 Å². The number of methoxy groups -OCH3 is 1. The highest BCUT2D eigenvalue weighted by Gasteiger charge is 2.33. The number of halogens is 1. The third-order valence-electron chi connectivity index (χ3n) is 2.77. The van der Waals surface area contributed by atoms with Gasteiger partial charge in [-0.15, -0.1) is 0 Å². The van der Waals surface area contributed by atoms with E-state index >= 15 is 0 Å². The molecule has 1 heterocycles. The minimum absolute atomic E-state index is 0.465. The third-order valence-corrected chi connectivity index (χ3v) is 3.39. The van der Waals surface area contributed by atoms with Crippen LogP contribution >= 0.6 is 15.9 Å². The van der Waals surface area contributed by atoms with E-state index in [-0.39, 0.29) is 0 Å². The number of hydrogen-bond donors (Lipinski definition) is 0.